The summed E-state index contributed by atoms with van der Waals surface area (Å²) < 4.78 is 0. The molecule has 1 rings (SSSR count). The molecule has 0 aliphatic carbocycles. The average Bonchev–Trinajstić information content (AvgIpc) is 2.17. The van der Waals surface area contributed by atoms with Crippen LogP contribution in [-0.2, 0) is 0 Å². The maximum absolute atomic E-state index is 5.94. The highest BCUT2D eigenvalue weighted by atomic mass is 15.2. The van der Waals surface area contributed by atoms with E-state index in [1.54, 1.807) is 0 Å². The molecule has 1 unspecified atom stereocenters. The lowest BCUT2D eigenvalue weighted by Crippen LogP contribution is -2.53. The van der Waals surface area contributed by atoms with E-state index >= 15 is 0 Å². The van der Waals surface area contributed by atoms with Gasteiger partial charge in [0, 0.05) is 18.6 Å². The van der Waals surface area contributed by atoms with Gasteiger partial charge < -0.3 is 10.6 Å². The fourth-order valence-electron chi connectivity index (χ4n) is 2.79. The molecule has 0 radical (unpaired) electrons. The van der Waals surface area contributed by atoms with Gasteiger partial charge in [-0.15, -0.1) is 0 Å². The van der Waals surface area contributed by atoms with E-state index in [0.29, 0.717) is 12.1 Å². The Kier molecular flexibility index (Phi) is 4.77. The fraction of sp³-hybridized carbons (Fsp3) is 1.00. The smallest absolute Gasteiger partial charge is 0.0266 e. The van der Waals surface area contributed by atoms with E-state index in [1.165, 1.54) is 25.9 Å². The monoisotopic (exact) mass is 227 g/mol. The molecule has 2 N–H and O–H groups in total. The minimum atomic E-state index is 0.271. The minimum absolute atomic E-state index is 0.271. The average molecular weight is 227 g/mol. The van der Waals surface area contributed by atoms with Crippen LogP contribution >= 0.6 is 0 Å². The minimum Gasteiger partial charge on any atom is -0.329 e. The second kappa shape index (κ2) is 5.48. The number of rotatable bonds is 3. The van der Waals surface area contributed by atoms with Crippen molar-refractivity contribution >= 4 is 0 Å². The van der Waals surface area contributed by atoms with Crippen LogP contribution in [0.15, 0.2) is 0 Å². The van der Waals surface area contributed by atoms with Crippen molar-refractivity contribution in [3.8, 4) is 0 Å². The molecule has 0 aromatic rings. The quantitative estimate of drug-likeness (QED) is 0.791. The van der Waals surface area contributed by atoms with Crippen molar-refractivity contribution in [2.45, 2.75) is 45.7 Å². The lowest BCUT2D eigenvalue weighted by Gasteiger charge is -2.44. The lowest BCUT2D eigenvalue weighted by molar-refractivity contribution is 0.0571. The fourth-order valence-corrected chi connectivity index (χ4v) is 2.79. The molecule has 1 aliphatic heterocycles. The maximum atomic E-state index is 5.94. The molecule has 0 saturated carbocycles. The summed E-state index contributed by atoms with van der Waals surface area (Å²) in [4.78, 5) is 4.94. The summed E-state index contributed by atoms with van der Waals surface area (Å²) in [5.41, 5.74) is 6.21. The van der Waals surface area contributed by atoms with E-state index in [1.807, 2.05) is 0 Å². The molecule has 1 heterocycles. The predicted molar refractivity (Wildman–Crippen MR) is 70.6 cm³/mol. The van der Waals surface area contributed by atoms with Gasteiger partial charge in [0.25, 0.3) is 0 Å². The number of hydrogen-bond donors (Lipinski definition) is 1. The Morgan fingerprint density at radius 1 is 1.31 bits per heavy atom. The molecule has 16 heavy (non-hydrogen) atoms. The van der Waals surface area contributed by atoms with Gasteiger partial charge in [-0.05, 0) is 45.4 Å². The number of nitrogens with zero attached hydrogens (tertiary/aromatic N) is 2. The Bertz CT molecular complexity index is 202. The molecular formula is C13H29N3. The number of nitrogens with two attached hydrogens (primary N) is 1. The molecule has 1 saturated heterocycles. The third-order valence-electron chi connectivity index (χ3n) is 3.98. The molecule has 0 spiro atoms. The first kappa shape index (κ1) is 13.9. The van der Waals surface area contributed by atoms with Gasteiger partial charge in [0.15, 0.2) is 0 Å². The van der Waals surface area contributed by atoms with Crippen molar-refractivity contribution in [3.63, 3.8) is 0 Å². The lowest BCUT2D eigenvalue weighted by atomic mass is 9.84. The van der Waals surface area contributed by atoms with Crippen LogP contribution in [0.25, 0.3) is 0 Å². The zero-order valence-corrected chi connectivity index (χ0v) is 11.7. The topological polar surface area (TPSA) is 32.5 Å². The van der Waals surface area contributed by atoms with Gasteiger partial charge in [-0.25, -0.2) is 0 Å². The van der Waals surface area contributed by atoms with Crippen molar-refractivity contribution < 1.29 is 0 Å². The molecule has 1 atom stereocenters. The summed E-state index contributed by atoms with van der Waals surface area (Å²) in [6, 6.07) is 1.20. The van der Waals surface area contributed by atoms with Gasteiger partial charge in [-0.3, -0.25) is 4.90 Å². The zero-order valence-electron chi connectivity index (χ0n) is 11.7. The van der Waals surface area contributed by atoms with Gasteiger partial charge in [0.05, 0.1) is 0 Å². The van der Waals surface area contributed by atoms with Crippen LogP contribution in [-0.4, -0.2) is 55.6 Å². The first-order valence-electron chi connectivity index (χ1n) is 6.46. The van der Waals surface area contributed by atoms with Crippen LogP contribution in [0.5, 0.6) is 0 Å². The zero-order chi connectivity index (χ0) is 12.3. The number of piperidine rings is 1. The van der Waals surface area contributed by atoms with E-state index in [0.717, 1.165) is 6.54 Å². The van der Waals surface area contributed by atoms with Crippen molar-refractivity contribution in [1.82, 2.24) is 9.80 Å². The van der Waals surface area contributed by atoms with Crippen LogP contribution in [0.3, 0.4) is 0 Å². The first-order valence-corrected chi connectivity index (χ1v) is 6.46. The number of likely N-dealkylation sites (N-methyl/N-ethyl adjacent to an activating group) is 1. The van der Waals surface area contributed by atoms with Gasteiger partial charge in [-0.1, -0.05) is 20.8 Å². The van der Waals surface area contributed by atoms with E-state index in [9.17, 15) is 0 Å². The summed E-state index contributed by atoms with van der Waals surface area (Å²) >= 11 is 0. The maximum Gasteiger partial charge on any atom is 0.0266 e. The number of hydrogen-bond acceptors (Lipinski definition) is 3. The van der Waals surface area contributed by atoms with E-state index in [2.05, 4.69) is 44.7 Å². The van der Waals surface area contributed by atoms with Gasteiger partial charge in [0.2, 0.25) is 0 Å². The Morgan fingerprint density at radius 2 is 1.81 bits per heavy atom. The Labute approximate surface area is 101 Å². The van der Waals surface area contributed by atoms with Crippen molar-refractivity contribution in [2.75, 3.05) is 33.7 Å². The molecular weight excluding hydrogens is 198 g/mol. The Morgan fingerprint density at radius 3 is 2.19 bits per heavy atom. The van der Waals surface area contributed by atoms with Crippen molar-refractivity contribution in [3.05, 3.63) is 0 Å². The third-order valence-corrected chi connectivity index (χ3v) is 3.98. The highest BCUT2D eigenvalue weighted by Crippen LogP contribution is 2.26. The van der Waals surface area contributed by atoms with Crippen LogP contribution in [0.1, 0.15) is 33.6 Å². The van der Waals surface area contributed by atoms with E-state index < -0.39 is 0 Å². The molecule has 96 valence electrons. The predicted octanol–water partition coefficient (Wildman–Crippen LogP) is 1.39. The normalized spacial score (nSPS) is 22.7. The summed E-state index contributed by atoms with van der Waals surface area (Å²) in [7, 11) is 4.46. The third kappa shape index (κ3) is 3.44. The highest BCUT2D eigenvalue weighted by molar-refractivity contribution is 4.88. The van der Waals surface area contributed by atoms with Crippen LogP contribution in [0, 0.1) is 5.41 Å². The second-order valence-electron chi connectivity index (χ2n) is 6.32. The summed E-state index contributed by atoms with van der Waals surface area (Å²) in [6.45, 7) is 10.1. The molecule has 3 heteroatoms. The standard InChI is InChI=1S/C13H29N3/c1-13(2,3)12(10-14)16(5)11-6-8-15(4)9-7-11/h11-12H,6-10,14H2,1-5H3. The van der Waals surface area contributed by atoms with E-state index in [4.69, 9.17) is 5.73 Å². The van der Waals surface area contributed by atoms with Crippen LogP contribution < -0.4 is 5.73 Å². The first-order chi connectivity index (χ1) is 7.36. The molecule has 1 aliphatic rings. The van der Waals surface area contributed by atoms with Crippen LogP contribution in [0.2, 0.25) is 0 Å². The number of likely N-dealkylation sites (tertiary alicyclic amines) is 1. The SMILES string of the molecule is CN1CCC(N(C)C(CN)C(C)(C)C)CC1. The summed E-state index contributed by atoms with van der Waals surface area (Å²) in [5.74, 6) is 0. The summed E-state index contributed by atoms with van der Waals surface area (Å²) in [6.07, 6.45) is 2.55. The Balaban J connectivity index is 2.58. The largest absolute Gasteiger partial charge is 0.329 e. The molecule has 0 aromatic heterocycles. The van der Waals surface area contributed by atoms with Gasteiger partial charge in [0.1, 0.15) is 0 Å². The van der Waals surface area contributed by atoms with Crippen LogP contribution in [0.4, 0.5) is 0 Å². The molecule has 0 aromatic carbocycles. The molecule has 0 amide bonds. The molecule has 1 fully saturated rings. The summed E-state index contributed by atoms with van der Waals surface area (Å²) in [5, 5.41) is 0. The molecule has 0 bridgehead atoms. The van der Waals surface area contributed by atoms with Crippen molar-refractivity contribution in [1.29, 1.82) is 0 Å². The van der Waals surface area contributed by atoms with Gasteiger partial charge in [-0.2, -0.15) is 0 Å². The van der Waals surface area contributed by atoms with Crippen molar-refractivity contribution in [2.24, 2.45) is 11.1 Å². The van der Waals surface area contributed by atoms with Gasteiger partial charge >= 0.3 is 0 Å². The molecule has 3 nitrogen and oxygen atoms in total. The van der Waals surface area contributed by atoms with E-state index in [-0.39, 0.29) is 5.41 Å². The second-order valence-corrected chi connectivity index (χ2v) is 6.32. The highest BCUT2D eigenvalue weighted by Gasteiger charge is 2.32. The Hall–Kier alpha value is -0.120.